The Bertz CT molecular complexity index is 478. The lowest BCUT2D eigenvalue weighted by atomic mass is 10.2. The van der Waals surface area contributed by atoms with Crippen LogP contribution in [0.5, 0.6) is 0 Å². The van der Waals surface area contributed by atoms with Crippen LogP contribution in [0.15, 0.2) is 22.5 Å². The lowest BCUT2D eigenvalue weighted by molar-refractivity contribution is 1.10. The lowest BCUT2D eigenvalue weighted by Gasteiger charge is -2.05. The highest BCUT2D eigenvalue weighted by atomic mass is 35.5. The van der Waals surface area contributed by atoms with Crippen molar-refractivity contribution in [2.75, 3.05) is 5.73 Å². The van der Waals surface area contributed by atoms with Crippen molar-refractivity contribution in [3.8, 4) is 0 Å². The Kier molecular flexibility index (Phi) is 3.68. The minimum atomic E-state index is 0.703. The Balaban J connectivity index is 2.10. The molecule has 2 rings (SSSR count). The summed E-state index contributed by atoms with van der Waals surface area (Å²) in [4.78, 5) is 4.27. The van der Waals surface area contributed by atoms with Gasteiger partial charge < -0.3 is 5.73 Å². The predicted octanol–water partition coefficient (Wildman–Crippen LogP) is 3.37. The number of nitrogens with zero attached hydrogens (tertiary/aromatic N) is 2. The van der Waals surface area contributed by atoms with Gasteiger partial charge in [-0.1, -0.05) is 29.4 Å². The highest BCUT2D eigenvalue weighted by Crippen LogP contribution is 2.30. The van der Waals surface area contributed by atoms with Crippen molar-refractivity contribution >= 4 is 40.6 Å². The van der Waals surface area contributed by atoms with Crippen molar-refractivity contribution in [3.05, 3.63) is 34.6 Å². The van der Waals surface area contributed by atoms with Crippen LogP contribution in [-0.2, 0) is 5.75 Å². The molecule has 0 aliphatic carbocycles. The van der Waals surface area contributed by atoms with Crippen LogP contribution in [0.3, 0.4) is 0 Å². The first-order chi connectivity index (χ1) is 7.66. The van der Waals surface area contributed by atoms with E-state index in [1.807, 2.05) is 25.1 Å². The normalized spacial score (nSPS) is 10.6. The fourth-order valence-electron chi connectivity index (χ4n) is 1.20. The Morgan fingerprint density at radius 2 is 2.31 bits per heavy atom. The monoisotopic (exact) mass is 271 g/mol. The highest BCUT2D eigenvalue weighted by Gasteiger charge is 2.07. The molecule has 0 atom stereocenters. The van der Waals surface area contributed by atoms with Gasteiger partial charge in [-0.3, -0.25) is 0 Å². The first kappa shape index (κ1) is 11.7. The van der Waals surface area contributed by atoms with Crippen LogP contribution < -0.4 is 5.73 Å². The number of benzene rings is 1. The van der Waals surface area contributed by atoms with Gasteiger partial charge >= 0.3 is 0 Å². The molecule has 3 nitrogen and oxygen atoms in total. The second kappa shape index (κ2) is 5.03. The van der Waals surface area contributed by atoms with Gasteiger partial charge in [-0.25, -0.2) is 4.98 Å². The van der Waals surface area contributed by atoms with Gasteiger partial charge in [0.05, 0.1) is 0 Å². The summed E-state index contributed by atoms with van der Waals surface area (Å²) in [6.45, 7) is 1.88. The predicted molar refractivity (Wildman–Crippen MR) is 70.1 cm³/mol. The molecule has 0 spiro atoms. The van der Waals surface area contributed by atoms with Gasteiger partial charge in [0.1, 0.15) is 5.82 Å². The fraction of sp³-hybridized carbons (Fsp3) is 0.200. The lowest BCUT2D eigenvalue weighted by Crippen LogP contribution is -1.93. The molecule has 0 amide bonds. The zero-order chi connectivity index (χ0) is 11.5. The summed E-state index contributed by atoms with van der Waals surface area (Å²) >= 11 is 9.08. The van der Waals surface area contributed by atoms with Crippen LogP contribution >= 0.6 is 34.9 Å². The van der Waals surface area contributed by atoms with Crippen LogP contribution in [0, 0.1) is 6.92 Å². The molecule has 6 heteroatoms. The maximum Gasteiger partial charge on any atom is 0.170 e. The van der Waals surface area contributed by atoms with Crippen LogP contribution in [0.25, 0.3) is 0 Å². The molecule has 0 unspecified atom stereocenters. The molecule has 1 heterocycles. The molecule has 0 aliphatic rings. The van der Waals surface area contributed by atoms with Gasteiger partial charge in [-0.05, 0) is 30.6 Å². The van der Waals surface area contributed by atoms with Crippen LogP contribution in [0.2, 0.25) is 5.02 Å². The number of anilines is 1. The standard InChI is InChI=1S/C10H10ClN3S2/c1-6-13-10(16-14-6)15-5-7-8(11)3-2-4-9(7)12/h2-4H,5,12H2,1H3. The molecular weight excluding hydrogens is 262 g/mol. The third-order valence-corrected chi connectivity index (χ3v) is 4.31. The van der Waals surface area contributed by atoms with Crippen LogP contribution in [0.1, 0.15) is 11.4 Å². The van der Waals surface area contributed by atoms with Crippen molar-refractivity contribution in [1.29, 1.82) is 0 Å². The van der Waals surface area contributed by atoms with E-state index in [0.717, 1.165) is 27.2 Å². The Morgan fingerprint density at radius 3 is 2.94 bits per heavy atom. The molecule has 0 radical (unpaired) electrons. The molecule has 0 bridgehead atoms. The van der Waals surface area contributed by atoms with Crippen molar-refractivity contribution in [3.63, 3.8) is 0 Å². The minimum Gasteiger partial charge on any atom is -0.398 e. The van der Waals surface area contributed by atoms with Gasteiger partial charge in [-0.15, -0.1) is 0 Å². The zero-order valence-corrected chi connectivity index (χ0v) is 11.0. The summed E-state index contributed by atoms with van der Waals surface area (Å²) in [6.07, 6.45) is 0. The van der Waals surface area contributed by atoms with E-state index in [4.69, 9.17) is 17.3 Å². The summed E-state index contributed by atoms with van der Waals surface area (Å²) in [5.74, 6) is 1.53. The van der Waals surface area contributed by atoms with E-state index in [1.54, 1.807) is 11.8 Å². The summed E-state index contributed by atoms with van der Waals surface area (Å²) in [5, 5.41) is 0.703. The molecule has 2 N–H and O–H groups in total. The molecule has 0 aliphatic heterocycles. The number of nitrogen functional groups attached to an aromatic ring is 1. The number of aromatic nitrogens is 2. The van der Waals surface area contributed by atoms with E-state index in [0.29, 0.717) is 5.02 Å². The molecule has 0 saturated heterocycles. The van der Waals surface area contributed by atoms with E-state index in [9.17, 15) is 0 Å². The molecule has 1 aromatic heterocycles. The average molecular weight is 272 g/mol. The van der Waals surface area contributed by atoms with E-state index < -0.39 is 0 Å². The maximum atomic E-state index is 6.07. The quantitative estimate of drug-likeness (QED) is 0.687. The summed E-state index contributed by atoms with van der Waals surface area (Å²) < 4.78 is 5.06. The van der Waals surface area contributed by atoms with Crippen molar-refractivity contribution in [1.82, 2.24) is 9.36 Å². The Labute approximate surface area is 107 Å². The molecular formula is C10H10ClN3S2. The summed E-state index contributed by atoms with van der Waals surface area (Å²) in [5.41, 5.74) is 7.54. The smallest absolute Gasteiger partial charge is 0.170 e. The second-order valence-electron chi connectivity index (χ2n) is 3.20. The van der Waals surface area contributed by atoms with E-state index in [-0.39, 0.29) is 0 Å². The van der Waals surface area contributed by atoms with Gasteiger partial charge in [0, 0.05) is 22.0 Å². The van der Waals surface area contributed by atoms with Gasteiger partial charge in [-0.2, -0.15) is 4.37 Å². The fourth-order valence-corrected chi connectivity index (χ4v) is 3.24. The molecule has 84 valence electrons. The second-order valence-corrected chi connectivity index (χ2v) is 5.59. The highest BCUT2D eigenvalue weighted by molar-refractivity contribution is 8.00. The molecule has 2 aromatic rings. The van der Waals surface area contributed by atoms with Gasteiger partial charge in [0.2, 0.25) is 0 Å². The van der Waals surface area contributed by atoms with Crippen molar-refractivity contribution in [2.45, 2.75) is 17.0 Å². The average Bonchev–Trinajstić information content (AvgIpc) is 2.63. The Hall–Kier alpha value is -0.780. The molecule has 16 heavy (non-hydrogen) atoms. The van der Waals surface area contributed by atoms with Gasteiger partial charge in [0.15, 0.2) is 4.34 Å². The molecule has 0 saturated carbocycles. The first-order valence-electron chi connectivity index (χ1n) is 4.63. The van der Waals surface area contributed by atoms with Gasteiger partial charge in [0.25, 0.3) is 0 Å². The summed E-state index contributed by atoms with van der Waals surface area (Å²) in [7, 11) is 0. The van der Waals surface area contributed by atoms with E-state index in [2.05, 4.69) is 9.36 Å². The number of hydrogen-bond donors (Lipinski definition) is 1. The van der Waals surface area contributed by atoms with E-state index in [1.165, 1.54) is 11.5 Å². The molecule has 0 fully saturated rings. The van der Waals surface area contributed by atoms with E-state index >= 15 is 0 Å². The SMILES string of the molecule is Cc1nsc(SCc2c(N)cccc2Cl)n1. The van der Waals surface area contributed by atoms with Crippen molar-refractivity contribution < 1.29 is 0 Å². The van der Waals surface area contributed by atoms with Crippen LogP contribution in [0.4, 0.5) is 5.69 Å². The number of rotatable bonds is 3. The van der Waals surface area contributed by atoms with Crippen molar-refractivity contribution in [2.24, 2.45) is 0 Å². The third-order valence-electron chi connectivity index (χ3n) is 2.00. The number of thioether (sulfide) groups is 1. The van der Waals surface area contributed by atoms with Crippen LogP contribution in [-0.4, -0.2) is 9.36 Å². The first-order valence-corrected chi connectivity index (χ1v) is 6.76. The minimum absolute atomic E-state index is 0.703. The summed E-state index contributed by atoms with van der Waals surface area (Å²) in [6, 6.07) is 5.55. The number of nitrogens with two attached hydrogens (primary N) is 1. The number of halogens is 1. The third kappa shape index (κ3) is 2.66. The molecule has 1 aromatic carbocycles. The maximum absolute atomic E-state index is 6.07. The number of aryl methyl sites for hydroxylation is 1. The number of hydrogen-bond acceptors (Lipinski definition) is 5. The topological polar surface area (TPSA) is 51.8 Å². The Morgan fingerprint density at radius 1 is 1.50 bits per heavy atom. The zero-order valence-electron chi connectivity index (χ0n) is 8.61. The largest absolute Gasteiger partial charge is 0.398 e.